The highest BCUT2D eigenvalue weighted by molar-refractivity contribution is 5.95. The van der Waals surface area contributed by atoms with Gasteiger partial charge in [-0.3, -0.25) is 9.69 Å². The van der Waals surface area contributed by atoms with Crippen molar-refractivity contribution in [2.45, 2.75) is 39.3 Å². The molecule has 1 saturated heterocycles. The quantitative estimate of drug-likeness (QED) is 0.766. The summed E-state index contributed by atoms with van der Waals surface area (Å²) in [5, 5.41) is 10.7. The highest BCUT2D eigenvalue weighted by Crippen LogP contribution is 2.34. The van der Waals surface area contributed by atoms with Crippen molar-refractivity contribution in [3.05, 3.63) is 11.6 Å². The number of hydrogen-bond acceptors (Lipinski definition) is 4. The second kappa shape index (κ2) is 5.35. The van der Waals surface area contributed by atoms with Gasteiger partial charge in [-0.15, -0.1) is 0 Å². The molecule has 0 amide bonds. The first-order chi connectivity index (χ1) is 8.81. The van der Waals surface area contributed by atoms with Crippen LogP contribution in [0.15, 0.2) is 11.6 Å². The van der Waals surface area contributed by atoms with Gasteiger partial charge >= 0.3 is 0 Å². The predicted molar refractivity (Wildman–Crippen MR) is 76.0 cm³/mol. The number of rotatable bonds is 1. The predicted octanol–water partition coefficient (Wildman–Crippen LogP) is 0.909. The maximum atomic E-state index is 12.0. The van der Waals surface area contributed by atoms with E-state index in [0.29, 0.717) is 6.42 Å². The molecule has 0 aromatic carbocycles. The second-order valence-corrected chi connectivity index (χ2v) is 6.71. The molecule has 0 radical (unpaired) electrons. The van der Waals surface area contributed by atoms with Gasteiger partial charge in [0, 0.05) is 32.6 Å². The molecule has 0 aromatic rings. The molecule has 4 heteroatoms. The number of allylic oxidation sites excluding steroid dienone is 1. The van der Waals surface area contributed by atoms with E-state index in [9.17, 15) is 9.90 Å². The SMILES string of the molecule is CC1=CC(N2CCN(C)CC2)C(O)C(C)(C)CC1=O. The number of ketones is 1. The van der Waals surface area contributed by atoms with E-state index in [1.807, 2.05) is 26.8 Å². The zero-order chi connectivity index (χ0) is 14.2. The van der Waals surface area contributed by atoms with Crippen LogP contribution in [0.25, 0.3) is 0 Å². The fraction of sp³-hybridized carbons (Fsp3) is 0.800. The normalized spacial score (nSPS) is 33.9. The van der Waals surface area contributed by atoms with Crippen LogP contribution in [0.2, 0.25) is 0 Å². The number of Topliss-reactive ketones (excluding diaryl/α,β-unsaturated/α-hetero) is 1. The number of aliphatic hydroxyl groups is 1. The van der Waals surface area contributed by atoms with Crippen LogP contribution in [0, 0.1) is 5.41 Å². The summed E-state index contributed by atoms with van der Waals surface area (Å²) in [6.07, 6.45) is 1.92. The Bertz CT molecular complexity index is 382. The largest absolute Gasteiger partial charge is 0.391 e. The van der Waals surface area contributed by atoms with E-state index in [-0.39, 0.29) is 17.2 Å². The van der Waals surface area contributed by atoms with Crippen molar-refractivity contribution in [3.63, 3.8) is 0 Å². The van der Waals surface area contributed by atoms with Gasteiger partial charge < -0.3 is 10.0 Å². The molecule has 2 rings (SSSR count). The number of piperazine rings is 1. The highest BCUT2D eigenvalue weighted by Gasteiger charge is 2.40. The van der Waals surface area contributed by atoms with Crippen molar-refractivity contribution in [1.82, 2.24) is 9.80 Å². The number of hydrogen-bond donors (Lipinski definition) is 1. The lowest BCUT2D eigenvalue weighted by molar-refractivity contribution is -0.119. The van der Waals surface area contributed by atoms with Gasteiger partial charge in [-0.05, 0) is 25.0 Å². The van der Waals surface area contributed by atoms with Crippen molar-refractivity contribution in [1.29, 1.82) is 0 Å². The molecule has 1 heterocycles. The molecule has 1 aliphatic carbocycles. The van der Waals surface area contributed by atoms with Crippen LogP contribution in [-0.4, -0.2) is 66.1 Å². The molecule has 2 unspecified atom stereocenters. The van der Waals surface area contributed by atoms with E-state index in [1.54, 1.807) is 0 Å². The highest BCUT2D eigenvalue weighted by atomic mass is 16.3. The van der Waals surface area contributed by atoms with E-state index < -0.39 is 6.10 Å². The Morgan fingerprint density at radius 2 is 1.84 bits per heavy atom. The Morgan fingerprint density at radius 3 is 2.42 bits per heavy atom. The van der Waals surface area contributed by atoms with Crippen molar-refractivity contribution >= 4 is 5.78 Å². The first-order valence-electron chi connectivity index (χ1n) is 7.13. The smallest absolute Gasteiger partial charge is 0.158 e. The van der Waals surface area contributed by atoms with Gasteiger partial charge in [-0.2, -0.15) is 0 Å². The number of carbonyl (C=O) groups excluding carboxylic acids is 1. The maximum Gasteiger partial charge on any atom is 0.158 e. The fourth-order valence-corrected chi connectivity index (χ4v) is 2.99. The molecular weight excluding hydrogens is 240 g/mol. The molecule has 4 nitrogen and oxygen atoms in total. The van der Waals surface area contributed by atoms with Gasteiger partial charge in [-0.25, -0.2) is 0 Å². The van der Waals surface area contributed by atoms with Crippen molar-refractivity contribution < 1.29 is 9.90 Å². The third-order valence-corrected chi connectivity index (χ3v) is 4.56. The Hall–Kier alpha value is -0.710. The molecule has 19 heavy (non-hydrogen) atoms. The Balaban J connectivity index is 2.23. The van der Waals surface area contributed by atoms with Crippen LogP contribution < -0.4 is 0 Å². The Labute approximate surface area is 116 Å². The minimum absolute atomic E-state index is 0.0323. The third kappa shape index (κ3) is 3.07. The average molecular weight is 266 g/mol. The van der Waals surface area contributed by atoms with Crippen LogP contribution in [0.4, 0.5) is 0 Å². The first-order valence-corrected chi connectivity index (χ1v) is 7.13. The van der Waals surface area contributed by atoms with Gasteiger partial charge in [0.05, 0.1) is 12.1 Å². The van der Waals surface area contributed by atoms with Crippen LogP contribution in [0.3, 0.4) is 0 Å². The van der Waals surface area contributed by atoms with E-state index >= 15 is 0 Å². The van der Waals surface area contributed by atoms with Gasteiger partial charge in [0.25, 0.3) is 0 Å². The maximum absolute atomic E-state index is 12.0. The molecule has 2 atom stereocenters. The number of nitrogens with zero attached hydrogens (tertiary/aromatic N) is 2. The average Bonchev–Trinajstić information content (AvgIpc) is 2.41. The third-order valence-electron chi connectivity index (χ3n) is 4.56. The van der Waals surface area contributed by atoms with Crippen molar-refractivity contribution in [3.8, 4) is 0 Å². The van der Waals surface area contributed by atoms with E-state index in [4.69, 9.17) is 0 Å². The van der Waals surface area contributed by atoms with Crippen molar-refractivity contribution in [2.24, 2.45) is 5.41 Å². The summed E-state index contributed by atoms with van der Waals surface area (Å²) in [4.78, 5) is 16.7. The summed E-state index contributed by atoms with van der Waals surface area (Å²) in [6, 6.07) is -0.0323. The van der Waals surface area contributed by atoms with Crippen LogP contribution >= 0.6 is 0 Å². The Morgan fingerprint density at radius 1 is 1.26 bits per heavy atom. The lowest BCUT2D eigenvalue weighted by Crippen LogP contribution is -2.54. The number of likely N-dealkylation sites (N-methyl/N-ethyl adjacent to an activating group) is 1. The summed E-state index contributed by atoms with van der Waals surface area (Å²) in [5.74, 6) is 0.167. The summed E-state index contributed by atoms with van der Waals surface area (Å²) >= 11 is 0. The molecule has 1 N–H and O–H groups in total. The number of aliphatic hydroxyl groups excluding tert-OH is 1. The summed E-state index contributed by atoms with van der Waals surface area (Å²) in [7, 11) is 2.12. The van der Waals surface area contributed by atoms with E-state index in [0.717, 1.165) is 31.8 Å². The molecule has 0 saturated carbocycles. The summed E-state index contributed by atoms with van der Waals surface area (Å²) in [6.45, 7) is 9.79. The zero-order valence-electron chi connectivity index (χ0n) is 12.5. The topological polar surface area (TPSA) is 43.8 Å². The molecule has 108 valence electrons. The lowest BCUT2D eigenvalue weighted by atomic mass is 9.79. The molecule has 1 fully saturated rings. The van der Waals surface area contributed by atoms with Crippen LogP contribution in [0.1, 0.15) is 27.2 Å². The molecule has 0 spiro atoms. The lowest BCUT2D eigenvalue weighted by Gasteiger charge is -2.42. The molecular formula is C15H26N2O2. The van der Waals surface area contributed by atoms with Crippen LogP contribution in [-0.2, 0) is 4.79 Å². The summed E-state index contributed by atoms with van der Waals surface area (Å²) < 4.78 is 0. The second-order valence-electron chi connectivity index (χ2n) is 6.71. The van der Waals surface area contributed by atoms with Gasteiger partial charge in [-0.1, -0.05) is 19.9 Å². The molecule has 0 bridgehead atoms. The van der Waals surface area contributed by atoms with Gasteiger partial charge in [0.2, 0.25) is 0 Å². The number of carbonyl (C=O) groups is 1. The first kappa shape index (κ1) is 14.7. The minimum atomic E-state index is -0.489. The van der Waals surface area contributed by atoms with Crippen LogP contribution in [0.5, 0.6) is 0 Å². The molecule has 2 aliphatic rings. The monoisotopic (exact) mass is 266 g/mol. The van der Waals surface area contributed by atoms with Crippen molar-refractivity contribution in [2.75, 3.05) is 33.2 Å². The Kier molecular flexibility index (Phi) is 4.14. The molecule has 1 aliphatic heterocycles. The zero-order valence-corrected chi connectivity index (χ0v) is 12.5. The van der Waals surface area contributed by atoms with Gasteiger partial charge in [0.15, 0.2) is 5.78 Å². The molecule has 0 aromatic heterocycles. The van der Waals surface area contributed by atoms with E-state index in [1.165, 1.54) is 0 Å². The summed E-state index contributed by atoms with van der Waals surface area (Å²) in [5.41, 5.74) is 0.438. The minimum Gasteiger partial charge on any atom is -0.391 e. The van der Waals surface area contributed by atoms with Gasteiger partial charge in [0.1, 0.15) is 0 Å². The standard InChI is InChI=1S/C15H26N2O2/c1-11-9-12(17-7-5-16(4)6-8-17)14(19)15(2,3)10-13(11)18/h9,12,14,19H,5-8,10H2,1-4H3. The van der Waals surface area contributed by atoms with E-state index in [2.05, 4.69) is 16.8 Å². The fourth-order valence-electron chi connectivity index (χ4n) is 2.99.